The van der Waals surface area contributed by atoms with Gasteiger partial charge >= 0.3 is 5.97 Å². The third-order valence-corrected chi connectivity index (χ3v) is 3.50. The highest BCUT2D eigenvalue weighted by Gasteiger charge is 2.26. The molecule has 2 aromatic rings. The van der Waals surface area contributed by atoms with Crippen molar-refractivity contribution in [3.05, 3.63) is 47.3 Å². The monoisotopic (exact) mass is 285 g/mol. The van der Waals surface area contributed by atoms with Crippen molar-refractivity contribution < 1.29 is 14.3 Å². The van der Waals surface area contributed by atoms with Crippen LogP contribution < -0.4 is 0 Å². The van der Waals surface area contributed by atoms with Crippen LogP contribution in [-0.4, -0.2) is 22.9 Å². The molecule has 1 heterocycles. The van der Waals surface area contributed by atoms with E-state index in [1.807, 2.05) is 37.3 Å². The van der Waals surface area contributed by atoms with Crippen LogP contribution in [0, 0.1) is 6.92 Å². The zero-order valence-corrected chi connectivity index (χ0v) is 12.8. The van der Waals surface area contributed by atoms with Crippen LogP contribution in [0.5, 0.6) is 0 Å². The molecule has 0 radical (unpaired) electrons. The molecule has 0 unspecified atom stereocenters. The zero-order chi connectivity index (χ0) is 15.6. The third kappa shape index (κ3) is 2.61. The van der Waals surface area contributed by atoms with Gasteiger partial charge in [-0.05, 0) is 25.0 Å². The second-order valence-corrected chi connectivity index (χ2v) is 4.90. The molecule has 21 heavy (non-hydrogen) atoms. The summed E-state index contributed by atoms with van der Waals surface area (Å²) in [5.41, 5.74) is 3.44. The Labute approximate surface area is 124 Å². The molecule has 1 aromatic heterocycles. The van der Waals surface area contributed by atoms with E-state index < -0.39 is 5.97 Å². The van der Waals surface area contributed by atoms with Crippen molar-refractivity contribution in [2.45, 2.75) is 20.8 Å². The van der Waals surface area contributed by atoms with Crippen LogP contribution in [0.2, 0.25) is 0 Å². The molecule has 0 saturated carbocycles. The Bertz CT molecular complexity index is 684. The first-order valence-corrected chi connectivity index (χ1v) is 6.91. The maximum atomic E-state index is 12.3. The van der Waals surface area contributed by atoms with Crippen LogP contribution in [0.15, 0.2) is 30.3 Å². The number of hydrogen-bond donors (Lipinski definition) is 0. The predicted octanol–water partition coefficient (Wildman–Crippen LogP) is 3.38. The van der Waals surface area contributed by atoms with Crippen LogP contribution in [-0.2, 0) is 11.8 Å². The molecule has 0 atom stereocenters. The molecule has 2 rings (SSSR count). The summed E-state index contributed by atoms with van der Waals surface area (Å²) in [6, 6.07) is 9.58. The Morgan fingerprint density at radius 3 is 2.29 bits per heavy atom. The number of aromatic nitrogens is 1. The molecule has 0 N–H and O–H groups in total. The summed E-state index contributed by atoms with van der Waals surface area (Å²) in [7, 11) is 1.72. The highest BCUT2D eigenvalue weighted by Crippen LogP contribution is 2.32. The van der Waals surface area contributed by atoms with Gasteiger partial charge in [0.25, 0.3) is 0 Å². The summed E-state index contributed by atoms with van der Waals surface area (Å²) in [6.45, 7) is 5.43. The van der Waals surface area contributed by atoms with Gasteiger partial charge in [-0.2, -0.15) is 0 Å². The number of carbonyl (C=O) groups is 2. The molecule has 1 aromatic carbocycles. The minimum absolute atomic E-state index is 0.0669. The summed E-state index contributed by atoms with van der Waals surface area (Å²) in [4.78, 5) is 24.2. The van der Waals surface area contributed by atoms with Gasteiger partial charge in [-0.25, -0.2) is 4.79 Å². The van der Waals surface area contributed by atoms with Gasteiger partial charge in [0.2, 0.25) is 0 Å². The fraction of sp³-hybridized carbons (Fsp3) is 0.294. The minimum atomic E-state index is -0.408. The highest BCUT2D eigenvalue weighted by atomic mass is 16.5. The number of Topliss-reactive ketones (excluding diaryl/α,β-unsaturated/α-hetero) is 1. The quantitative estimate of drug-likeness (QED) is 0.639. The number of rotatable bonds is 4. The van der Waals surface area contributed by atoms with E-state index in [1.165, 1.54) is 6.92 Å². The summed E-state index contributed by atoms with van der Waals surface area (Å²) in [6.07, 6.45) is 0. The van der Waals surface area contributed by atoms with E-state index in [4.69, 9.17) is 4.74 Å². The molecular weight excluding hydrogens is 266 g/mol. The minimum Gasteiger partial charge on any atom is -0.461 e. The predicted molar refractivity (Wildman–Crippen MR) is 81.5 cm³/mol. The van der Waals surface area contributed by atoms with Crippen molar-refractivity contribution >= 4 is 11.8 Å². The van der Waals surface area contributed by atoms with E-state index in [1.54, 1.807) is 18.5 Å². The third-order valence-electron chi connectivity index (χ3n) is 3.50. The Kier molecular flexibility index (Phi) is 4.26. The van der Waals surface area contributed by atoms with Gasteiger partial charge in [0.05, 0.1) is 12.3 Å². The average Bonchev–Trinajstić information content (AvgIpc) is 2.71. The number of ether oxygens (including phenoxy) is 1. The van der Waals surface area contributed by atoms with Crippen molar-refractivity contribution in [3.63, 3.8) is 0 Å². The van der Waals surface area contributed by atoms with Crippen LogP contribution in [0.4, 0.5) is 0 Å². The van der Waals surface area contributed by atoms with Crippen molar-refractivity contribution in [3.8, 4) is 11.1 Å². The van der Waals surface area contributed by atoms with E-state index in [-0.39, 0.29) is 5.78 Å². The molecular formula is C17H19NO3. The first-order valence-electron chi connectivity index (χ1n) is 6.91. The Hall–Kier alpha value is -2.36. The van der Waals surface area contributed by atoms with Crippen LogP contribution in [0.1, 0.15) is 40.4 Å². The smallest absolute Gasteiger partial charge is 0.355 e. The lowest BCUT2D eigenvalue weighted by Crippen LogP contribution is -2.13. The summed E-state index contributed by atoms with van der Waals surface area (Å²) in [5, 5.41) is 0. The largest absolute Gasteiger partial charge is 0.461 e. The molecule has 0 aliphatic heterocycles. The van der Waals surface area contributed by atoms with Gasteiger partial charge in [0, 0.05) is 19.5 Å². The first kappa shape index (κ1) is 15.0. The summed E-state index contributed by atoms with van der Waals surface area (Å²) in [5.74, 6) is -0.475. The average molecular weight is 285 g/mol. The molecule has 0 fully saturated rings. The number of ketones is 1. The van der Waals surface area contributed by atoms with E-state index in [9.17, 15) is 9.59 Å². The number of nitrogens with zero attached hydrogens (tertiary/aromatic N) is 1. The maximum absolute atomic E-state index is 12.3. The van der Waals surface area contributed by atoms with Crippen LogP contribution in [0.3, 0.4) is 0 Å². The first-order chi connectivity index (χ1) is 9.99. The Balaban J connectivity index is 2.76. The molecule has 0 saturated heterocycles. The van der Waals surface area contributed by atoms with E-state index in [0.717, 1.165) is 16.7 Å². The molecule has 0 amide bonds. The van der Waals surface area contributed by atoms with Gasteiger partial charge in [0.1, 0.15) is 5.69 Å². The fourth-order valence-corrected chi connectivity index (χ4v) is 2.72. The standard InChI is InChI=1S/C17H19NO3/c1-5-21-17(20)16-14(13-9-7-6-8-10-13)11(2)15(12(3)19)18(16)4/h6-10H,5H2,1-4H3. The van der Waals surface area contributed by atoms with E-state index >= 15 is 0 Å². The molecule has 0 aliphatic carbocycles. The van der Waals surface area contributed by atoms with Gasteiger partial charge < -0.3 is 9.30 Å². The summed E-state index contributed by atoms with van der Waals surface area (Å²) < 4.78 is 6.78. The maximum Gasteiger partial charge on any atom is 0.355 e. The van der Waals surface area contributed by atoms with Gasteiger partial charge in [-0.3, -0.25) is 4.79 Å². The van der Waals surface area contributed by atoms with E-state index in [0.29, 0.717) is 18.0 Å². The number of hydrogen-bond acceptors (Lipinski definition) is 3. The summed E-state index contributed by atoms with van der Waals surface area (Å²) >= 11 is 0. The second kappa shape index (κ2) is 5.95. The number of benzene rings is 1. The Morgan fingerprint density at radius 1 is 1.14 bits per heavy atom. The molecule has 110 valence electrons. The molecule has 0 aliphatic rings. The lowest BCUT2D eigenvalue weighted by molar-refractivity contribution is 0.0516. The van der Waals surface area contributed by atoms with Gasteiger partial charge in [-0.15, -0.1) is 0 Å². The van der Waals surface area contributed by atoms with E-state index in [2.05, 4.69) is 0 Å². The highest BCUT2D eigenvalue weighted by molar-refractivity contribution is 6.03. The topological polar surface area (TPSA) is 48.3 Å². The van der Waals surface area contributed by atoms with Crippen molar-refractivity contribution in [1.82, 2.24) is 4.57 Å². The number of esters is 1. The van der Waals surface area contributed by atoms with Crippen LogP contribution >= 0.6 is 0 Å². The molecule has 0 spiro atoms. The van der Waals surface area contributed by atoms with Crippen molar-refractivity contribution in [2.75, 3.05) is 6.61 Å². The van der Waals surface area contributed by atoms with Crippen molar-refractivity contribution in [2.24, 2.45) is 7.05 Å². The lowest BCUT2D eigenvalue weighted by Gasteiger charge is -2.08. The second-order valence-electron chi connectivity index (χ2n) is 4.90. The fourth-order valence-electron chi connectivity index (χ4n) is 2.72. The number of carbonyl (C=O) groups excluding carboxylic acids is 2. The molecule has 4 nitrogen and oxygen atoms in total. The molecule has 4 heteroatoms. The Morgan fingerprint density at radius 2 is 1.76 bits per heavy atom. The lowest BCUT2D eigenvalue weighted by atomic mass is 10.0. The SMILES string of the molecule is CCOC(=O)c1c(-c2ccccc2)c(C)c(C(C)=O)n1C. The zero-order valence-electron chi connectivity index (χ0n) is 12.8. The van der Waals surface area contributed by atoms with Crippen LogP contribution in [0.25, 0.3) is 11.1 Å². The van der Waals surface area contributed by atoms with Gasteiger partial charge in [-0.1, -0.05) is 30.3 Å². The molecule has 0 bridgehead atoms. The van der Waals surface area contributed by atoms with Gasteiger partial charge in [0.15, 0.2) is 5.78 Å². The van der Waals surface area contributed by atoms with Crippen molar-refractivity contribution in [1.29, 1.82) is 0 Å². The normalized spacial score (nSPS) is 10.5.